The fourth-order valence-electron chi connectivity index (χ4n) is 3.08. The third kappa shape index (κ3) is 4.26. The molecule has 2 heterocycles. The Balaban J connectivity index is 1.46. The maximum Gasteiger partial charge on any atom is 0.195 e. The van der Waals surface area contributed by atoms with E-state index in [9.17, 15) is 4.79 Å². The van der Waals surface area contributed by atoms with Crippen LogP contribution in [0.5, 0.6) is 0 Å². The van der Waals surface area contributed by atoms with Gasteiger partial charge in [-0.1, -0.05) is 65.8 Å². The highest BCUT2D eigenvalue weighted by atomic mass is 32.1. The first kappa shape index (κ1) is 18.3. The molecule has 0 N–H and O–H groups in total. The van der Waals surface area contributed by atoms with Crippen LogP contribution in [0.4, 0.5) is 0 Å². The summed E-state index contributed by atoms with van der Waals surface area (Å²) in [5, 5.41) is 4.86. The molecular weight excluding hydrogens is 368 g/mol. The Hall–Kier alpha value is -3.05. The molecule has 0 atom stereocenters. The van der Waals surface area contributed by atoms with Crippen molar-refractivity contribution >= 4 is 17.1 Å². The monoisotopic (exact) mass is 388 g/mol. The number of ketones is 1. The number of nitrogens with zero attached hydrogens (tertiary/aromatic N) is 2. The first-order chi connectivity index (χ1) is 13.7. The lowest BCUT2D eigenvalue weighted by molar-refractivity contribution is 0.0986. The maximum atomic E-state index is 12.7. The van der Waals surface area contributed by atoms with Crippen LogP contribution >= 0.6 is 11.3 Å². The number of carbonyl (C=O) groups excluding carboxylic acids is 1. The van der Waals surface area contributed by atoms with Crippen molar-refractivity contribution in [3.8, 4) is 10.8 Å². The number of aromatic nitrogens is 2. The Bertz CT molecular complexity index is 1070. The van der Waals surface area contributed by atoms with Gasteiger partial charge in [0, 0.05) is 18.9 Å². The second-order valence-electron chi connectivity index (χ2n) is 6.69. The maximum absolute atomic E-state index is 12.7. The van der Waals surface area contributed by atoms with Crippen molar-refractivity contribution in [2.75, 3.05) is 0 Å². The van der Waals surface area contributed by atoms with Crippen LogP contribution in [0.2, 0.25) is 0 Å². The Morgan fingerprint density at radius 1 is 1.00 bits per heavy atom. The van der Waals surface area contributed by atoms with Gasteiger partial charge in [-0.25, -0.2) is 4.98 Å². The van der Waals surface area contributed by atoms with Gasteiger partial charge in [0.1, 0.15) is 0 Å². The van der Waals surface area contributed by atoms with Crippen LogP contribution in [0.3, 0.4) is 0 Å². The highest BCUT2D eigenvalue weighted by Crippen LogP contribution is 2.30. The molecule has 0 fully saturated rings. The third-order valence-electron chi connectivity index (χ3n) is 4.53. The van der Waals surface area contributed by atoms with E-state index in [-0.39, 0.29) is 5.78 Å². The van der Waals surface area contributed by atoms with E-state index in [0.29, 0.717) is 28.5 Å². The molecular formula is C23H20N2O2S. The van der Waals surface area contributed by atoms with E-state index in [2.05, 4.69) is 22.3 Å². The van der Waals surface area contributed by atoms with Crippen LogP contribution in [0.25, 0.3) is 10.8 Å². The molecule has 0 saturated carbocycles. The van der Waals surface area contributed by atoms with E-state index >= 15 is 0 Å². The van der Waals surface area contributed by atoms with E-state index in [1.54, 1.807) is 0 Å². The quantitative estimate of drug-likeness (QED) is 0.392. The molecule has 2 aromatic heterocycles. The minimum Gasteiger partial charge on any atom is -0.353 e. The molecule has 0 spiro atoms. The number of aryl methyl sites for hydroxylation is 2. The van der Waals surface area contributed by atoms with Gasteiger partial charge in [0.15, 0.2) is 16.6 Å². The van der Waals surface area contributed by atoms with Gasteiger partial charge >= 0.3 is 0 Å². The zero-order chi connectivity index (χ0) is 19.3. The van der Waals surface area contributed by atoms with Gasteiger partial charge in [0.25, 0.3) is 0 Å². The number of thiazole rings is 1. The normalized spacial score (nSPS) is 10.9. The molecule has 4 nitrogen and oxygen atoms in total. The summed E-state index contributed by atoms with van der Waals surface area (Å²) in [4.78, 5) is 17.9. The van der Waals surface area contributed by atoms with Crippen molar-refractivity contribution in [2.24, 2.45) is 0 Å². The molecule has 5 heteroatoms. The Morgan fingerprint density at radius 2 is 1.68 bits per heavy atom. The molecule has 0 aliphatic heterocycles. The minimum absolute atomic E-state index is 0.120. The van der Waals surface area contributed by atoms with Gasteiger partial charge in [0.2, 0.25) is 0 Å². The average molecular weight is 388 g/mol. The Kier molecular flexibility index (Phi) is 5.44. The molecule has 0 unspecified atom stereocenters. The van der Waals surface area contributed by atoms with Crippen molar-refractivity contribution < 1.29 is 9.32 Å². The second-order valence-corrected chi connectivity index (χ2v) is 7.69. The minimum atomic E-state index is 0.120. The third-order valence-corrected chi connectivity index (χ3v) is 5.74. The summed E-state index contributed by atoms with van der Waals surface area (Å²) in [6, 6.07) is 22.1. The van der Waals surface area contributed by atoms with E-state index in [1.165, 1.54) is 22.5 Å². The summed E-state index contributed by atoms with van der Waals surface area (Å²) in [6.07, 6.45) is 1.91. The number of hydrogen-bond acceptors (Lipinski definition) is 5. The van der Waals surface area contributed by atoms with Crippen molar-refractivity contribution in [3.63, 3.8) is 0 Å². The van der Waals surface area contributed by atoms with Gasteiger partial charge in [0.05, 0.1) is 16.3 Å². The average Bonchev–Trinajstić information content (AvgIpc) is 3.34. The number of benzene rings is 2. The number of Topliss-reactive ketones (excluding diaryl/α,β-unsaturated/α-hetero) is 1. The van der Waals surface area contributed by atoms with Gasteiger partial charge in [-0.2, -0.15) is 0 Å². The van der Waals surface area contributed by atoms with Crippen LogP contribution < -0.4 is 0 Å². The topological polar surface area (TPSA) is 56.0 Å². The van der Waals surface area contributed by atoms with Gasteiger partial charge in [-0.3, -0.25) is 4.79 Å². The highest BCUT2D eigenvalue weighted by Gasteiger charge is 2.18. The summed E-state index contributed by atoms with van der Waals surface area (Å²) in [5.74, 6) is 0.732. The summed E-state index contributed by atoms with van der Waals surface area (Å²) in [7, 11) is 0. The number of rotatable bonds is 7. The van der Waals surface area contributed by atoms with Crippen LogP contribution in [-0.2, 0) is 12.8 Å². The SMILES string of the molecule is Cc1nc(-c2cc(Cc3ccccc3)no2)sc1C(=O)CCc1ccccc1. The predicted molar refractivity (Wildman–Crippen MR) is 111 cm³/mol. The van der Waals surface area contributed by atoms with Crippen LogP contribution in [0.15, 0.2) is 71.3 Å². The highest BCUT2D eigenvalue weighted by molar-refractivity contribution is 7.17. The molecule has 0 saturated heterocycles. The van der Waals surface area contributed by atoms with E-state index in [4.69, 9.17) is 4.52 Å². The zero-order valence-electron chi connectivity index (χ0n) is 15.6. The smallest absolute Gasteiger partial charge is 0.195 e. The van der Waals surface area contributed by atoms with E-state index < -0.39 is 0 Å². The van der Waals surface area contributed by atoms with Crippen molar-refractivity contribution in [3.05, 3.63) is 94.1 Å². The molecule has 0 aliphatic carbocycles. The largest absolute Gasteiger partial charge is 0.353 e. The fourth-order valence-corrected chi connectivity index (χ4v) is 4.06. The summed E-state index contributed by atoms with van der Waals surface area (Å²) in [6.45, 7) is 1.87. The predicted octanol–water partition coefficient (Wildman–Crippen LogP) is 5.51. The zero-order valence-corrected chi connectivity index (χ0v) is 16.4. The molecule has 4 aromatic rings. The molecule has 0 bridgehead atoms. The molecule has 28 heavy (non-hydrogen) atoms. The first-order valence-electron chi connectivity index (χ1n) is 9.23. The number of hydrogen-bond donors (Lipinski definition) is 0. The van der Waals surface area contributed by atoms with E-state index in [0.717, 1.165) is 17.8 Å². The Labute approximate surface area is 167 Å². The van der Waals surface area contributed by atoms with Crippen LogP contribution in [0, 0.1) is 6.92 Å². The first-order valence-corrected chi connectivity index (χ1v) is 10.0. The van der Waals surface area contributed by atoms with E-state index in [1.807, 2.05) is 61.5 Å². The van der Waals surface area contributed by atoms with Crippen LogP contribution in [0.1, 0.15) is 38.6 Å². The molecule has 4 rings (SSSR count). The van der Waals surface area contributed by atoms with Gasteiger partial charge < -0.3 is 4.52 Å². The van der Waals surface area contributed by atoms with Crippen molar-refractivity contribution in [1.82, 2.24) is 10.1 Å². The molecule has 0 aliphatic rings. The molecule has 2 aromatic carbocycles. The van der Waals surface area contributed by atoms with Gasteiger partial charge in [-0.05, 0) is 24.5 Å². The lowest BCUT2D eigenvalue weighted by atomic mass is 10.1. The summed E-state index contributed by atoms with van der Waals surface area (Å²) in [5.41, 5.74) is 3.94. The lowest BCUT2D eigenvalue weighted by Crippen LogP contribution is -2.00. The molecule has 140 valence electrons. The summed E-state index contributed by atoms with van der Waals surface area (Å²) < 4.78 is 5.49. The summed E-state index contributed by atoms with van der Waals surface area (Å²) >= 11 is 1.38. The fraction of sp³-hybridized carbons (Fsp3) is 0.174. The lowest BCUT2D eigenvalue weighted by Gasteiger charge is -2.00. The van der Waals surface area contributed by atoms with Crippen molar-refractivity contribution in [2.45, 2.75) is 26.2 Å². The van der Waals surface area contributed by atoms with Crippen LogP contribution in [-0.4, -0.2) is 15.9 Å². The van der Waals surface area contributed by atoms with Gasteiger partial charge in [-0.15, -0.1) is 11.3 Å². The molecule has 0 amide bonds. The van der Waals surface area contributed by atoms with Crippen molar-refractivity contribution in [1.29, 1.82) is 0 Å². The Morgan fingerprint density at radius 3 is 2.39 bits per heavy atom. The second kappa shape index (κ2) is 8.31. The standard InChI is InChI=1S/C23H20N2O2S/c1-16-22(20(26)13-12-17-8-4-2-5-9-17)28-23(24-16)21-15-19(25-27-21)14-18-10-6-3-7-11-18/h2-11,15H,12-14H2,1H3. The molecule has 0 radical (unpaired) electrons. The number of carbonyl (C=O) groups is 1.